The number of alkyl halides is 3. The number of nitrogens with zero attached hydrogens (tertiary/aromatic N) is 2. The molecule has 1 aliphatic rings. The Hall–Kier alpha value is -3.30. The van der Waals surface area contributed by atoms with Crippen molar-refractivity contribution in [3.8, 4) is 0 Å². The summed E-state index contributed by atoms with van der Waals surface area (Å²) in [5, 5.41) is 13.8. The van der Waals surface area contributed by atoms with Gasteiger partial charge in [-0.1, -0.05) is 29.3 Å². The molecule has 11 heteroatoms. The van der Waals surface area contributed by atoms with Gasteiger partial charge in [-0.25, -0.2) is 0 Å². The van der Waals surface area contributed by atoms with Gasteiger partial charge in [0.25, 0.3) is 11.6 Å². The minimum atomic E-state index is -4.50. The average molecular weight is 496 g/mol. The molecular weight excluding hydrogens is 482 g/mol. The van der Waals surface area contributed by atoms with E-state index in [4.69, 9.17) is 23.2 Å². The van der Waals surface area contributed by atoms with Gasteiger partial charge in [0.1, 0.15) is 0 Å². The van der Waals surface area contributed by atoms with E-state index in [1.807, 2.05) is 0 Å². The van der Waals surface area contributed by atoms with E-state index in [1.54, 1.807) is 23.1 Å². The summed E-state index contributed by atoms with van der Waals surface area (Å²) in [4.78, 5) is 25.0. The zero-order chi connectivity index (χ0) is 23.9. The van der Waals surface area contributed by atoms with Crippen molar-refractivity contribution in [2.45, 2.75) is 12.6 Å². The molecule has 0 unspecified atom stereocenters. The Balaban J connectivity index is 1.64. The second kappa shape index (κ2) is 8.57. The van der Waals surface area contributed by atoms with Crippen molar-refractivity contribution in [2.24, 2.45) is 0 Å². The van der Waals surface area contributed by atoms with Gasteiger partial charge in [0.2, 0.25) is 0 Å². The van der Waals surface area contributed by atoms with E-state index in [-0.39, 0.29) is 21.3 Å². The highest BCUT2D eigenvalue weighted by atomic mass is 35.5. The van der Waals surface area contributed by atoms with E-state index in [9.17, 15) is 28.1 Å². The van der Waals surface area contributed by atoms with Gasteiger partial charge in [0.05, 0.1) is 31.8 Å². The van der Waals surface area contributed by atoms with Crippen LogP contribution in [-0.2, 0) is 12.6 Å². The number of hydrogen-bond donors (Lipinski definition) is 1. The Kier molecular flexibility index (Phi) is 5.94. The highest BCUT2D eigenvalue weighted by Crippen LogP contribution is 2.43. The molecule has 1 amide bonds. The van der Waals surface area contributed by atoms with E-state index < -0.39 is 22.6 Å². The molecule has 3 aromatic carbocycles. The van der Waals surface area contributed by atoms with Crippen LogP contribution in [0.15, 0.2) is 54.6 Å². The number of anilines is 3. The summed E-state index contributed by atoms with van der Waals surface area (Å²) in [6.07, 6.45) is -4.01. The van der Waals surface area contributed by atoms with E-state index in [0.717, 1.165) is 23.8 Å². The van der Waals surface area contributed by atoms with Crippen LogP contribution in [-0.4, -0.2) is 17.4 Å². The fourth-order valence-corrected chi connectivity index (χ4v) is 4.18. The second-order valence-corrected chi connectivity index (χ2v) is 8.06. The van der Waals surface area contributed by atoms with Gasteiger partial charge in [-0.05, 0) is 42.8 Å². The summed E-state index contributed by atoms with van der Waals surface area (Å²) in [7, 11) is 0. The Morgan fingerprint density at radius 1 is 1.03 bits per heavy atom. The molecule has 6 nitrogen and oxygen atoms in total. The van der Waals surface area contributed by atoms with Gasteiger partial charge in [-0.3, -0.25) is 14.9 Å². The van der Waals surface area contributed by atoms with Gasteiger partial charge in [0, 0.05) is 35.6 Å². The number of carbonyl (C=O) groups excluding carboxylic acids is 1. The maximum Gasteiger partial charge on any atom is 0.416 e. The molecule has 0 aliphatic carbocycles. The first-order chi connectivity index (χ1) is 15.6. The lowest BCUT2D eigenvalue weighted by molar-refractivity contribution is -0.384. The van der Waals surface area contributed by atoms with Crippen molar-refractivity contribution < 1.29 is 22.9 Å². The number of nitro benzene ring substituents is 1. The molecule has 0 saturated carbocycles. The van der Waals surface area contributed by atoms with Crippen molar-refractivity contribution in [2.75, 3.05) is 16.8 Å². The molecule has 3 aromatic rings. The molecule has 1 heterocycles. The van der Waals surface area contributed by atoms with Gasteiger partial charge >= 0.3 is 6.18 Å². The smallest absolute Gasteiger partial charge is 0.340 e. The van der Waals surface area contributed by atoms with Crippen LogP contribution in [0.2, 0.25) is 10.0 Å². The normalized spacial score (nSPS) is 13.1. The first kappa shape index (κ1) is 22.9. The van der Waals surface area contributed by atoms with Crippen LogP contribution in [0.1, 0.15) is 21.5 Å². The third-order valence-corrected chi connectivity index (χ3v) is 5.88. The minimum Gasteiger partial charge on any atom is -0.340 e. The highest BCUT2D eigenvalue weighted by Gasteiger charge is 2.32. The largest absolute Gasteiger partial charge is 0.416 e. The van der Waals surface area contributed by atoms with Crippen LogP contribution >= 0.6 is 23.2 Å². The standard InChI is InChI=1S/C22H14Cl2F3N3O3/c23-16-6-5-13(30(32)33)11-15(16)21(31)28-18-2-1-3-19-14(18)8-9-29(19)20-7-4-12(10-17(20)24)22(25,26)27/h1-7,10-11H,8-9H2,(H,28,31). The van der Waals surface area contributed by atoms with Crippen LogP contribution in [0.3, 0.4) is 0 Å². The average Bonchev–Trinajstić information content (AvgIpc) is 3.18. The SMILES string of the molecule is O=C(Nc1cccc2c1CCN2c1ccc(C(F)(F)F)cc1Cl)c1cc([N+](=O)[O-])ccc1Cl. The Labute approximate surface area is 195 Å². The van der Waals surface area contributed by atoms with Crippen molar-refractivity contribution in [1.29, 1.82) is 0 Å². The van der Waals surface area contributed by atoms with E-state index in [0.29, 0.717) is 30.0 Å². The van der Waals surface area contributed by atoms with Crippen LogP contribution in [0.25, 0.3) is 0 Å². The van der Waals surface area contributed by atoms with Gasteiger partial charge in [0.15, 0.2) is 0 Å². The van der Waals surface area contributed by atoms with Crippen LogP contribution in [0.4, 0.5) is 35.9 Å². The number of non-ortho nitro benzene ring substituents is 1. The third kappa shape index (κ3) is 4.46. The fourth-order valence-electron chi connectivity index (χ4n) is 3.69. The summed E-state index contributed by atoms with van der Waals surface area (Å²) in [6.45, 7) is 0.435. The van der Waals surface area contributed by atoms with Crippen molar-refractivity contribution >= 4 is 51.9 Å². The number of rotatable bonds is 4. The van der Waals surface area contributed by atoms with Gasteiger partial charge < -0.3 is 10.2 Å². The molecule has 1 N–H and O–H groups in total. The molecule has 33 heavy (non-hydrogen) atoms. The van der Waals surface area contributed by atoms with E-state index >= 15 is 0 Å². The van der Waals surface area contributed by atoms with Crippen molar-refractivity contribution in [3.05, 3.63) is 91.4 Å². The summed E-state index contributed by atoms with van der Waals surface area (Å²) in [5.74, 6) is -0.622. The fraction of sp³-hybridized carbons (Fsp3) is 0.136. The number of fused-ring (bicyclic) bond motifs is 1. The zero-order valence-corrected chi connectivity index (χ0v) is 18.1. The van der Waals surface area contributed by atoms with Crippen LogP contribution in [0, 0.1) is 10.1 Å². The first-order valence-electron chi connectivity index (χ1n) is 9.57. The number of benzene rings is 3. The maximum atomic E-state index is 13.0. The molecule has 0 bridgehead atoms. The Bertz CT molecular complexity index is 1280. The second-order valence-electron chi connectivity index (χ2n) is 7.24. The predicted molar refractivity (Wildman–Crippen MR) is 120 cm³/mol. The summed E-state index contributed by atoms with van der Waals surface area (Å²) in [5.41, 5.74) is 1.14. The van der Waals surface area contributed by atoms with Crippen molar-refractivity contribution in [1.82, 2.24) is 0 Å². The lowest BCUT2D eigenvalue weighted by Crippen LogP contribution is -2.15. The molecule has 0 spiro atoms. The molecule has 0 aromatic heterocycles. The predicted octanol–water partition coefficient (Wildman–Crippen LogP) is 6.87. The molecule has 4 rings (SSSR count). The molecule has 0 radical (unpaired) electrons. The molecule has 0 saturated heterocycles. The maximum absolute atomic E-state index is 13.0. The topological polar surface area (TPSA) is 75.5 Å². The number of hydrogen-bond acceptors (Lipinski definition) is 4. The zero-order valence-electron chi connectivity index (χ0n) is 16.6. The summed E-state index contributed by atoms with van der Waals surface area (Å²) >= 11 is 12.2. The van der Waals surface area contributed by atoms with E-state index in [2.05, 4.69) is 5.32 Å². The number of amides is 1. The molecule has 0 atom stereocenters. The van der Waals surface area contributed by atoms with E-state index in [1.165, 1.54) is 18.2 Å². The number of nitrogens with one attached hydrogen (secondary N) is 1. The Morgan fingerprint density at radius 3 is 2.45 bits per heavy atom. The summed E-state index contributed by atoms with van der Waals surface area (Å²) in [6, 6.07) is 11.8. The molecule has 1 aliphatic heterocycles. The van der Waals surface area contributed by atoms with Crippen LogP contribution in [0.5, 0.6) is 0 Å². The molecule has 0 fully saturated rings. The molecule has 170 valence electrons. The van der Waals surface area contributed by atoms with Gasteiger partial charge in [-0.15, -0.1) is 0 Å². The minimum absolute atomic E-state index is 0.0458. The lowest BCUT2D eigenvalue weighted by atomic mass is 10.1. The number of halogens is 5. The number of carbonyl (C=O) groups is 1. The number of nitro groups is 1. The van der Waals surface area contributed by atoms with Crippen LogP contribution < -0.4 is 10.2 Å². The Morgan fingerprint density at radius 2 is 1.79 bits per heavy atom. The molecular formula is C22H14Cl2F3N3O3. The quantitative estimate of drug-likeness (QED) is 0.316. The highest BCUT2D eigenvalue weighted by molar-refractivity contribution is 6.34. The van der Waals surface area contributed by atoms with Crippen molar-refractivity contribution in [3.63, 3.8) is 0 Å². The third-order valence-electron chi connectivity index (χ3n) is 5.25. The summed E-state index contributed by atoms with van der Waals surface area (Å²) < 4.78 is 38.9. The first-order valence-corrected chi connectivity index (χ1v) is 10.3. The monoisotopic (exact) mass is 495 g/mol. The van der Waals surface area contributed by atoms with Gasteiger partial charge in [-0.2, -0.15) is 13.2 Å². The lowest BCUT2D eigenvalue weighted by Gasteiger charge is -2.22.